The number of rotatable bonds is 4. The molecule has 0 saturated carbocycles. The van der Waals surface area contributed by atoms with Gasteiger partial charge in [0.05, 0.1) is 12.0 Å². The Balaban J connectivity index is 2.35. The number of nitrogens with zero attached hydrogens (tertiary/aromatic N) is 2. The highest BCUT2D eigenvalue weighted by Crippen LogP contribution is 2.02. The van der Waals surface area contributed by atoms with Crippen molar-refractivity contribution in [2.45, 2.75) is 0 Å². The van der Waals surface area contributed by atoms with Crippen LogP contribution in [-0.2, 0) is 10.1 Å². The van der Waals surface area contributed by atoms with E-state index in [4.69, 9.17) is 9.66 Å². The van der Waals surface area contributed by atoms with Crippen LogP contribution < -0.4 is 0 Å². The molecule has 0 spiro atoms. The number of hydrogen-bond acceptors (Lipinski definition) is 5. The molecule has 0 unspecified atom stereocenters. The molecule has 0 aliphatic carbocycles. The Morgan fingerprint density at radius 2 is 1.80 bits per heavy atom. The van der Waals surface area contributed by atoms with Crippen molar-refractivity contribution in [2.24, 2.45) is 0 Å². The fraction of sp³-hybridized carbons (Fsp3) is 0.750. The minimum atomic E-state index is -4.02. The van der Waals surface area contributed by atoms with Crippen molar-refractivity contribution in [2.75, 3.05) is 39.3 Å². The first kappa shape index (κ1) is 12.4. The van der Waals surface area contributed by atoms with Gasteiger partial charge >= 0.3 is 0 Å². The molecule has 1 heterocycles. The van der Waals surface area contributed by atoms with Gasteiger partial charge in [-0.3, -0.25) is 9.45 Å². The number of aliphatic hydroxyl groups is 1. The third-order valence-electron chi connectivity index (χ3n) is 2.27. The maximum Gasteiger partial charge on any atom is 0.289 e. The van der Waals surface area contributed by atoms with Gasteiger partial charge in [0.2, 0.25) is 0 Å². The van der Waals surface area contributed by atoms with Crippen molar-refractivity contribution in [1.29, 1.82) is 0 Å². The molecule has 0 aromatic carbocycles. The number of β-amino-alcohol motifs (C(OH)–C–C–N with tert-alkyl or cyclic N) is 1. The molecule has 0 bridgehead atoms. The Morgan fingerprint density at radius 3 is 2.27 bits per heavy atom. The van der Waals surface area contributed by atoms with Crippen LogP contribution in [0.3, 0.4) is 0 Å². The Morgan fingerprint density at radius 1 is 1.20 bits per heavy atom. The predicted octanol–water partition coefficient (Wildman–Crippen LogP) is -1.04. The van der Waals surface area contributed by atoms with Crippen molar-refractivity contribution in [3.05, 3.63) is 11.6 Å². The highest BCUT2D eigenvalue weighted by Gasteiger charge is 2.13. The van der Waals surface area contributed by atoms with E-state index >= 15 is 0 Å². The topological polar surface area (TPSA) is 81.1 Å². The van der Waals surface area contributed by atoms with Gasteiger partial charge < -0.3 is 10.0 Å². The molecule has 15 heavy (non-hydrogen) atoms. The lowest BCUT2D eigenvalue weighted by molar-refractivity contribution is 0.138. The van der Waals surface area contributed by atoms with E-state index in [1.165, 1.54) is 6.20 Å². The average molecular weight is 236 g/mol. The van der Waals surface area contributed by atoms with Crippen molar-refractivity contribution in [3.8, 4) is 0 Å². The zero-order valence-electron chi connectivity index (χ0n) is 8.41. The second-order valence-electron chi connectivity index (χ2n) is 3.40. The standard InChI is InChI=1S/C8H16N2O4S/c11-7-5-9-1-3-10(4-2-9)6-8-15(12,13)14/h6,8,11H,1-5,7H2,(H,12,13,14). The average Bonchev–Trinajstić information content (AvgIpc) is 2.16. The molecule has 2 N–H and O–H groups in total. The third-order valence-corrected chi connectivity index (χ3v) is 2.73. The quantitative estimate of drug-likeness (QED) is 0.607. The van der Waals surface area contributed by atoms with E-state index in [0.717, 1.165) is 18.5 Å². The smallest absolute Gasteiger partial charge is 0.289 e. The van der Waals surface area contributed by atoms with Gasteiger partial charge in [0.15, 0.2) is 0 Å². The van der Waals surface area contributed by atoms with E-state index < -0.39 is 10.1 Å². The number of hydrogen-bond donors (Lipinski definition) is 2. The Labute approximate surface area is 89.5 Å². The largest absolute Gasteiger partial charge is 0.395 e. The molecular weight excluding hydrogens is 220 g/mol. The summed E-state index contributed by atoms with van der Waals surface area (Å²) in [6, 6.07) is 0. The molecule has 0 aromatic rings. The summed E-state index contributed by atoms with van der Waals surface area (Å²) in [4.78, 5) is 3.92. The molecular formula is C8H16N2O4S. The Bertz CT molecular complexity index is 307. The monoisotopic (exact) mass is 236 g/mol. The van der Waals surface area contributed by atoms with Crippen LogP contribution in [0.1, 0.15) is 0 Å². The van der Waals surface area contributed by atoms with Crippen molar-refractivity contribution < 1.29 is 18.1 Å². The summed E-state index contributed by atoms with van der Waals surface area (Å²) in [5.41, 5.74) is 0. The lowest BCUT2D eigenvalue weighted by atomic mass is 10.3. The minimum Gasteiger partial charge on any atom is -0.395 e. The van der Waals surface area contributed by atoms with Crippen LogP contribution >= 0.6 is 0 Å². The fourth-order valence-corrected chi connectivity index (χ4v) is 1.77. The summed E-state index contributed by atoms with van der Waals surface area (Å²) >= 11 is 0. The van der Waals surface area contributed by atoms with Gasteiger partial charge in [-0.2, -0.15) is 8.42 Å². The van der Waals surface area contributed by atoms with Gasteiger partial charge in [-0.25, -0.2) is 0 Å². The maximum absolute atomic E-state index is 10.4. The van der Waals surface area contributed by atoms with Crippen LogP contribution in [0.4, 0.5) is 0 Å². The second kappa shape index (κ2) is 5.45. The molecule has 7 heteroatoms. The van der Waals surface area contributed by atoms with Gasteiger partial charge in [-0.15, -0.1) is 0 Å². The first-order valence-corrected chi connectivity index (χ1v) is 6.24. The SMILES string of the molecule is O=S(=O)(O)C=CN1CCN(CCO)CC1. The minimum absolute atomic E-state index is 0.140. The molecule has 6 nitrogen and oxygen atoms in total. The predicted molar refractivity (Wildman–Crippen MR) is 55.8 cm³/mol. The first-order valence-electron chi connectivity index (χ1n) is 4.74. The number of piperazine rings is 1. The van der Waals surface area contributed by atoms with Crippen LogP contribution in [0.5, 0.6) is 0 Å². The molecule has 0 amide bonds. The lowest BCUT2D eigenvalue weighted by Crippen LogP contribution is -2.44. The van der Waals surface area contributed by atoms with Gasteiger partial charge in [0.1, 0.15) is 0 Å². The summed E-state index contributed by atoms with van der Waals surface area (Å²) < 4.78 is 29.4. The van der Waals surface area contributed by atoms with E-state index in [2.05, 4.69) is 4.90 Å². The van der Waals surface area contributed by atoms with Crippen molar-refractivity contribution in [1.82, 2.24) is 9.80 Å². The summed E-state index contributed by atoms with van der Waals surface area (Å²) in [5.74, 6) is 0. The van der Waals surface area contributed by atoms with E-state index in [1.54, 1.807) is 0 Å². The maximum atomic E-state index is 10.4. The molecule has 88 valence electrons. The Hall–Kier alpha value is -0.630. The lowest BCUT2D eigenvalue weighted by Gasteiger charge is -2.33. The van der Waals surface area contributed by atoms with Gasteiger partial charge in [-0.1, -0.05) is 0 Å². The number of aliphatic hydroxyl groups excluding tert-OH is 1. The zero-order valence-corrected chi connectivity index (χ0v) is 9.23. The summed E-state index contributed by atoms with van der Waals surface area (Å²) in [6.45, 7) is 3.77. The van der Waals surface area contributed by atoms with Gasteiger partial charge in [0.25, 0.3) is 10.1 Å². The molecule has 0 radical (unpaired) electrons. The highest BCUT2D eigenvalue weighted by atomic mass is 32.2. The van der Waals surface area contributed by atoms with Crippen molar-refractivity contribution in [3.63, 3.8) is 0 Å². The molecule has 1 saturated heterocycles. The highest BCUT2D eigenvalue weighted by molar-refractivity contribution is 7.88. The zero-order chi connectivity index (χ0) is 11.3. The molecule has 1 fully saturated rings. The normalized spacial score (nSPS) is 20.0. The third kappa shape index (κ3) is 5.12. The summed E-state index contributed by atoms with van der Waals surface area (Å²) in [5, 5.41) is 9.50. The van der Waals surface area contributed by atoms with Crippen LogP contribution in [0.25, 0.3) is 0 Å². The van der Waals surface area contributed by atoms with Gasteiger partial charge in [0, 0.05) is 38.9 Å². The van der Waals surface area contributed by atoms with E-state index in [1.807, 2.05) is 4.90 Å². The van der Waals surface area contributed by atoms with Crippen LogP contribution in [-0.4, -0.2) is 67.2 Å². The molecule has 1 aliphatic rings. The molecule has 1 aliphatic heterocycles. The van der Waals surface area contributed by atoms with Crippen LogP contribution in [0.2, 0.25) is 0 Å². The molecule has 0 atom stereocenters. The molecule has 1 rings (SSSR count). The van der Waals surface area contributed by atoms with E-state index in [-0.39, 0.29) is 6.61 Å². The fourth-order valence-electron chi connectivity index (χ4n) is 1.44. The molecule has 0 aromatic heterocycles. The van der Waals surface area contributed by atoms with Crippen molar-refractivity contribution >= 4 is 10.1 Å². The van der Waals surface area contributed by atoms with Crippen LogP contribution in [0, 0.1) is 0 Å². The summed E-state index contributed by atoms with van der Waals surface area (Å²) in [6.07, 6.45) is 1.38. The second-order valence-corrected chi connectivity index (χ2v) is 4.70. The summed E-state index contributed by atoms with van der Waals surface area (Å²) in [7, 11) is -4.02. The van der Waals surface area contributed by atoms with E-state index in [0.29, 0.717) is 19.6 Å². The van der Waals surface area contributed by atoms with E-state index in [9.17, 15) is 8.42 Å². The first-order chi connectivity index (χ1) is 7.01. The Kier molecular flexibility index (Phi) is 4.52. The van der Waals surface area contributed by atoms with Crippen LogP contribution in [0.15, 0.2) is 11.6 Å². The van der Waals surface area contributed by atoms with Gasteiger partial charge in [-0.05, 0) is 0 Å².